The van der Waals surface area contributed by atoms with Crippen LogP contribution in [0.25, 0.3) is 0 Å². The first-order chi connectivity index (χ1) is 11.5. The lowest BCUT2D eigenvalue weighted by atomic mass is 10.2. The third-order valence-corrected chi connectivity index (χ3v) is 3.09. The third-order valence-electron chi connectivity index (χ3n) is 2.78. The molecular weight excluding hydrogens is 338 g/mol. The van der Waals surface area contributed by atoms with E-state index in [1.807, 2.05) is 0 Å². The molecule has 0 aliphatic heterocycles. The SMILES string of the molecule is N/C(=N\OC(=O)COc1ccccc1Cl)c1cccc([N+](=O)[O-])c1. The van der Waals surface area contributed by atoms with Gasteiger partial charge in [0.2, 0.25) is 0 Å². The summed E-state index contributed by atoms with van der Waals surface area (Å²) in [5.41, 5.74) is 5.73. The van der Waals surface area contributed by atoms with Crippen molar-refractivity contribution in [3.05, 3.63) is 69.2 Å². The minimum Gasteiger partial charge on any atom is -0.480 e. The number of amidine groups is 1. The van der Waals surface area contributed by atoms with Crippen molar-refractivity contribution in [3.63, 3.8) is 0 Å². The second-order valence-electron chi connectivity index (χ2n) is 4.47. The van der Waals surface area contributed by atoms with Gasteiger partial charge in [0.05, 0.1) is 9.95 Å². The average Bonchev–Trinajstić information content (AvgIpc) is 2.59. The molecule has 0 amide bonds. The number of oxime groups is 1. The number of ether oxygens (including phenoxy) is 1. The van der Waals surface area contributed by atoms with Gasteiger partial charge in [-0.2, -0.15) is 0 Å². The van der Waals surface area contributed by atoms with Gasteiger partial charge in [0, 0.05) is 17.7 Å². The Morgan fingerprint density at radius 2 is 2.00 bits per heavy atom. The normalized spacial score (nSPS) is 11.0. The Morgan fingerprint density at radius 3 is 2.71 bits per heavy atom. The van der Waals surface area contributed by atoms with Gasteiger partial charge in [-0.05, 0) is 12.1 Å². The summed E-state index contributed by atoms with van der Waals surface area (Å²) in [5, 5.41) is 14.5. The van der Waals surface area contributed by atoms with Gasteiger partial charge in [0.25, 0.3) is 5.69 Å². The Kier molecular flexibility index (Phi) is 5.69. The quantitative estimate of drug-likeness (QED) is 0.281. The first-order valence-electron chi connectivity index (χ1n) is 6.63. The maximum atomic E-state index is 11.6. The van der Waals surface area contributed by atoms with E-state index in [0.29, 0.717) is 10.8 Å². The fourth-order valence-corrected chi connectivity index (χ4v) is 1.85. The van der Waals surface area contributed by atoms with E-state index >= 15 is 0 Å². The lowest BCUT2D eigenvalue weighted by Crippen LogP contribution is -2.18. The molecule has 24 heavy (non-hydrogen) atoms. The highest BCUT2D eigenvalue weighted by Gasteiger charge is 2.10. The molecule has 0 saturated heterocycles. The van der Waals surface area contributed by atoms with Crippen LogP contribution in [0, 0.1) is 10.1 Å². The number of benzene rings is 2. The van der Waals surface area contributed by atoms with Crippen LogP contribution in [-0.4, -0.2) is 23.3 Å². The number of hydrogen-bond acceptors (Lipinski definition) is 6. The van der Waals surface area contributed by atoms with Crippen molar-refractivity contribution in [1.82, 2.24) is 0 Å². The topological polar surface area (TPSA) is 117 Å². The van der Waals surface area contributed by atoms with Crippen LogP contribution in [0.4, 0.5) is 5.69 Å². The van der Waals surface area contributed by atoms with Gasteiger partial charge < -0.3 is 15.3 Å². The van der Waals surface area contributed by atoms with E-state index in [9.17, 15) is 14.9 Å². The van der Waals surface area contributed by atoms with Crippen LogP contribution in [0.1, 0.15) is 5.56 Å². The van der Waals surface area contributed by atoms with Crippen LogP contribution in [-0.2, 0) is 9.63 Å². The number of carbonyl (C=O) groups excluding carboxylic acids is 1. The highest BCUT2D eigenvalue weighted by Crippen LogP contribution is 2.22. The van der Waals surface area contributed by atoms with Gasteiger partial charge in [-0.25, -0.2) is 4.79 Å². The fourth-order valence-electron chi connectivity index (χ4n) is 1.66. The van der Waals surface area contributed by atoms with Crippen LogP contribution in [0.15, 0.2) is 53.7 Å². The summed E-state index contributed by atoms with van der Waals surface area (Å²) in [6.07, 6.45) is 0. The number of para-hydroxylation sites is 1. The molecular formula is C15H12ClN3O5. The Balaban J connectivity index is 1.94. The second-order valence-corrected chi connectivity index (χ2v) is 4.87. The summed E-state index contributed by atoms with van der Waals surface area (Å²) < 4.78 is 5.18. The molecule has 0 unspecified atom stereocenters. The van der Waals surface area contributed by atoms with Crippen LogP contribution < -0.4 is 10.5 Å². The van der Waals surface area contributed by atoms with E-state index in [1.165, 1.54) is 24.3 Å². The van der Waals surface area contributed by atoms with E-state index in [0.717, 1.165) is 0 Å². The zero-order chi connectivity index (χ0) is 17.5. The van der Waals surface area contributed by atoms with E-state index < -0.39 is 17.5 Å². The van der Waals surface area contributed by atoms with Crippen molar-refractivity contribution in [1.29, 1.82) is 0 Å². The molecule has 0 spiro atoms. The van der Waals surface area contributed by atoms with Gasteiger partial charge in [0.15, 0.2) is 12.4 Å². The van der Waals surface area contributed by atoms with E-state index in [1.54, 1.807) is 24.3 Å². The number of carbonyl (C=O) groups is 1. The molecule has 9 heteroatoms. The van der Waals surface area contributed by atoms with Crippen LogP contribution in [0.2, 0.25) is 5.02 Å². The van der Waals surface area contributed by atoms with E-state index in [-0.39, 0.29) is 17.1 Å². The van der Waals surface area contributed by atoms with Crippen LogP contribution in [0.3, 0.4) is 0 Å². The smallest absolute Gasteiger partial charge is 0.372 e. The highest BCUT2D eigenvalue weighted by molar-refractivity contribution is 6.32. The van der Waals surface area contributed by atoms with Gasteiger partial charge in [-0.1, -0.05) is 41.0 Å². The Bertz CT molecular complexity index is 794. The predicted molar refractivity (Wildman–Crippen MR) is 86.9 cm³/mol. The monoisotopic (exact) mass is 349 g/mol. The predicted octanol–water partition coefficient (Wildman–Crippen LogP) is 2.49. The molecule has 2 aromatic carbocycles. The molecule has 2 N–H and O–H groups in total. The van der Waals surface area contributed by atoms with E-state index in [2.05, 4.69) is 9.99 Å². The van der Waals surface area contributed by atoms with Crippen LogP contribution >= 0.6 is 11.6 Å². The zero-order valence-corrected chi connectivity index (χ0v) is 13.0. The van der Waals surface area contributed by atoms with Gasteiger partial charge in [0.1, 0.15) is 5.75 Å². The lowest BCUT2D eigenvalue weighted by molar-refractivity contribution is -0.384. The van der Waals surface area contributed by atoms with Crippen molar-refractivity contribution in [2.75, 3.05) is 6.61 Å². The zero-order valence-electron chi connectivity index (χ0n) is 12.2. The molecule has 0 saturated carbocycles. The number of halogens is 1. The summed E-state index contributed by atoms with van der Waals surface area (Å²) >= 11 is 5.88. The molecule has 2 rings (SSSR count). The Morgan fingerprint density at radius 1 is 1.25 bits per heavy atom. The lowest BCUT2D eigenvalue weighted by Gasteiger charge is -2.06. The molecule has 0 aliphatic rings. The number of non-ortho nitro benzene ring substituents is 1. The summed E-state index contributed by atoms with van der Waals surface area (Å²) in [6, 6.07) is 12.1. The minimum absolute atomic E-state index is 0.154. The van der Waals surface area contributed by atoms with Crippen LogP contribution in [0.5, 0.6) is 5.75 Å². The maximum absolute atomic E-state index is 11.6. The van der Waals surface area contributed by atoms with Gasteiger partial charge >= 0.3 is 5.97 Å². The molecule has 2 aromatic rings. The minimum atomic E-state index is -0.802. The standard InChI is InChI=1S/C15H12ClN3O5/c16-12-6-1-2-7-13(12)23-9-14(20)24-18-15(17)10-4-3-5-11(8-10)19(21)22/h1-8H,9H2,(H2,17,18). The number of hydrogen-bond donors (Lipinski definition) is 1. The fraction of sp³-hybridized carbons (Fsp3) is 0.0667. The van der Waals surface area contributed by atoms with Crippen molar-refractivity contribution in [3.8, 4) is 5.75 Å². The molecule has 8 nitrogen and oxygen atoms in total. The number of nitrogens with two attached hydrogens (primary N) is 1. The molecule has 0 bridgehead atoms. The largest absolute Gasteiger partial charge is 0.480 e. The summed E-state index contributed by atoms with van der Waals surface area (Å²) in [5.74, 6) is -0.653. The molecule has 0 atom stereocenters. The Labute approximate surface area is 141 Å². The molecule has 0 radical (unpaired) electrons. The Hall–Kier alpha value is -3.13. The molecule has 0 aromatic heterocycles. The maximum Gasteiger partial charge on any atom is 0.372 e. The highest BCUT2D eigenvalue weighted by atomic mass is 35.5. The molecule has 124 valence electrons. The second kappa shape index (κ2) is 7.93. The average molecular weight is 350 g/mol. The molecule has 0 heterocycles. The van der Waals surface area contributed by atoms with Crippen molar-refractivity contribution >= 4 is 29.1 Å². The number of nitro benzene ring substituents is 1. The molecule has 0 fully saturated rings. The summed E-state index contributed by atoms with van der Waals surface area (Å²) in [6.45, 7) is -0.421. The van der Waals surface area contributed by atoms with Crippen molar-refractivity contribution in [2.24, 2.45) is 10.9 Å². The third kappa shape index (κ3) is 4.68. The van der Waals surface area contributed by atoms with Crippen molar-refractivity contribution < 1.29 is 19.3 Å². The van der Waals surface area contributed by atoms with Crippen molar-refractivity contribution in [2.45, 2.75) is 0 Å². The number of nitro groups is 1. The summed E-state index contributed by atoms with van der Waals surface area (Å²) in [4.78, 5) is 26.3. The van der Waals surface area contributed by atoms with E-state index in [4.69, 9.17) is 22.1 Å². The summed E-state index contributed by atoms with van der Waals surface area (Å²) in [7, 11) is 0. The number of rotatable bonds is 6. The van der Waals surface area contributed by atoms with Gasteiger partial charge in [-0.15, -0.1) is 0 Å². The number of nitrogens with zero attached hydrogens (tertiary/aromatic N) is 2. The van der Waals surface area contributed by atoms with Gasteiger partial charge in [-0.3, -0.25) is 10.1 Å². The first-order valence-corrected chi connectivity index (χ1v) is 7.00. The molecule has 0 aliphatic carbocycles. The first kappa shape index (κ1) is 17.2.